The highest BCUT2D eigenvalue weighted by molar-refractivity contribution is 6.33. The van der Waals surface area contributed by atoms with E-state index in [2.05, 4.69) is 5.32 Å². The van der Waals surface area contributed by atoms with Gasteiger partial charge in [0.2, 0.25) is 0 Å². The van der Waals surface area contributed by atoms with E-state index in [9.17, 15) is 19.7 Å². The summed E-state index contributed by atoms with van der Waals surface area (Å²) in [5.74, 6) is -1.34. The number of aryl methyl sites for hydroxylation is 1. The van der Waals surface area contributed by atoms with Gasteiger partial charge in [0.05, 0.1) is 28.4 Å². The summed E-state index contributed by atoms with van der Waals surface area (Å²) in [5, 5.41) is 13.4. The van der Waals surface area contributed by atoms with Crippen molar-refractivity contribution in [2.45, 2.75) is 6.92 Å². The molecule has 0 fully saturated rings. The minimum atomic E-state index is -0.834. The molecule has 0 aromatic heterocycles. The van der Waals surface area contributed by atoms with Crippen molar-refractivity contribution in [2.75, 3.05) is 24.8 Å². The number of methoxy groups -OCH3 is 1. The smallest absolute Gasteiger partial charge is 0.342 e. The zero-order chi connectivity index (χ0) is 20.1. The van der Waals surface area contributed by atoms with Crippen LogP contribution < -0.4 is 15.8 Å². The summed E-state index contributed by atoms with van der Waals surface area (Å²) >= 11 is 5.89. The molecule has 0 heterocycles. The van der Waals surface area contributed by atoms with Gasteiger partial charge >= 0.3 is 5.97 Å². The molecule has 27 heavy (non-hydrogen) atoms. The van der Waals surface area contributed by atoms with E-state index < -0.39 is 23.4 Å². The average Bonchev–Trinajstić information content (AvgIpc) is 2.63. The number of esters is 1. The highest BCUT2D eigenvalue weighted by Gasteiger charge is 2.18. The number of nitrogen functional groups attached to an aromatic ring is 1. The summed E-state index contributed by atoms with van der Waals surface area (Å²) in [7, 11) is 1.34. The molecule has 10 heteroatoms. The van der Waals surface area contributed by atoms with E-state index >= 15 is 0 Å². The number of nitro benzene ring substituents is 1. The number of nitro groups is 1. The molecule has 142 valence electrons. The second-order valence-corrected chi connectivity index (χ2v) is 5.86. The number of nitrogens with one attached hydrogen (secondary N) is 1. The van der Waals surface area contributed by atoms with Crippen LogP contribution in [-0.4, -0.2) is 30.5 Å². The van der Waals surface area contributed by atoms with Gasteiger partial charge < -0.3 is 20.5 Å². The Kier molecular flexibility index (Phi) is 6.19. The van der Waals surface area contributed by atoms with Crippen molar-refractivity contribution in [3.63, 3.8) is 0 Å². The standard InChI is InChI=1S/C17H16ClN3O6/c1-9-3-4-10(21(24)25)5-14(9)20-16(22)8-27-17(23)11-6-12(18)13(19)7-15(11)26-2/h3-7H,8,19H2,1-2H3,(H,20,22). The number of hydrogen-bond acceptors (Lipinski definition) is 7. The minimum Gasteiger partial charge on any atom is -0.496 e. The van der Waals surface area contributed by atoms with Gasteiger partial charge in [-0.1, -0.05) is 17.7 Å². The maximum Gasteiger partial charge on any atom is 0.342 e. The zero-order valence-electron chi connectivity index (χ0n) is 14.4. The Morgan fingerprint density at radius 1 is 1.30 bits per heavy atom. The van der Waals surface area contributed by atoms with Crippen LogP contribution >= 0.6 is 11.6 Å². The fourth-order valence-electron chi connectivity index (χ4n) is 2.15. The highest BCUT2D eigenvalue weighted by Crippen LogP contribution is 2.29. The lowest BCUT2D eigenvalue weighted by Crippen LogP contribution is -2.21. The summed E-state index contributed by atoms with van der Waals surface area (Å²) in [5.41, 5.74) is 6.58. The summed E-state index contributed by atoms with van der Waals surface area (Å²) in [6, 6.07) is 6.69. The number of amides is 1. The first-order valence-electron chi connectivity index (χ1n) is 7.58. The van der Waals surface area contributed by atoms with E-state index in [1.165, 1.54) is 37.4 Å². The molecular weight excluding hydrogens is 378 g/mol. The van der Waals surface area contributed by atoms with Crippen molar-refractivity contribution < 1.29 is 24.0 Å². The normalized spacial score (nSPS) is 10.2. The third kappa shape index (κ3) is 4.85. The van der Waals surface area contributed by atoms with Crippen LogP contribution in [0.25, 0.3) is 0 Å². The fourth-order valence-corrected chi connectivity index (χ4v) is 2.31. The Bertz CT molecular complexity index is 916. The van der Waals surface area contributed by atoms with Crippen LogP contribution in [0.2, 0.25) is 5.02 Å². The van der Waals surface area contributed by atoms with Gasteiger partial charge in [-0.05, 0) is 18.6 Å². The van der Waals surface area contributed by atoms with E-state index in [1.807, 2.05) is 0 Å². The van der Waals surface area contributed by atoms with Crippen molar-refractivity contribution in [2.24, 2.45) is 0 Å². The first-order valence-corrected chi connectivity index (χ1v) is 7.95. The third-order valence-electron chi connectivity index (χ3n) is 3.58. The Balaban J connectivity index is 2.06. The summed E-state index contributed by atoms with van der Waals surface area (Å²) in [4.78, 5) is 34.5. The van der Waals surface area contributed by atoms with Gasteiger partial charge in [-0.25, -0.2) is 4.79 Å². The molecule has 0 atom stereocenters. The molecule has 0 aliphatic heterocycles. The average molecular weight is 394 g/mol. The number of halogens is 1. The maximum absolute atomic E-state index is 12.2. The minimum absolute atomic E-state index is 0.0102. The molecule has 0 bridgehead atoms. The second-order valence-electron chi connectivity index (χ2n) is 5.45. The molecule has 0 radical (unpaired) electrons. The summed E-state index contributed by atoms with van der Waals surface area (Å²) in [6.45, 7) is 1.07. The Morgan fingerprint density at radius 2 is 2.00 bits per heavy atom. The predicted molar refractivity (Wildman–Crippen MR) is 99.2 cm³/mol. The van der Waals surface area contributed by atoms with Crippen LogP contribution in [0.4, 0.5) is 17.1 Å². The number of benzene rings is 2. The molecule has 9 nitrogen and oxygen atoms in total. The topological polar surface area (TPSA) is 134 Å². The number of rotatable bonds is 6. The van der Waals surface area contributed by atoms with Crippen LogP contribution in [0.3, 0.4) is 0 Å². The van der Waals surface area contributed by atoms with Crippen molar-refractivity contribution >= 4 is 40.5 Å². The van der Waals surface area contributed by atoms with Crippen LogP contribution in [0, 0.1) is 17.0 Å². The summed E-state index contributed by atoms with van der Waals surface area (Å²) < 4.78 is 10.0. The quantitative estimate of drug-likeness (QED) is 0.333. The Hall–Kier alpha value is -3.33. The van der Waals surface area contributed by atoms with Gasteiger partial charge in [0, 0.05) is 18.2 Å². The molecule has 0 unspecified atom stereocenters. The van der Waals surface area contributed by atoms with Gasteiger partial charge in [-0.15, -0.1) is 0 Å². The summed E-state index contributed by atoms with van der Waals surface area (Å²) in [6.07, 6.45) is 0. The molecular formula is C17H16ClN3O6. The number of ether oxygens (including phenoxy) is 2. The van der Waals surface area contributed by atoms with E-state index in [4.69, 9.17) is 26.8 Å². The molecule has 0 aliphatic carbocycles. The lowest BCUT2D eigenvalue weighted by Gasteiger charge is -2.11. The van der Waals surface area contributed by atoms with E-state index in [1.54, 1.807) is 6.92 Å². The highest BCUT2D eigenvalue weighted by atomic mass is 35.5. The van der Waals surface area contributed by atoms with Crippen molar-refractivity contribution in [3.05, 3.63) is 56.6 Å². The number of carbonyl (C=O) groups is 2. The number of carbonyl (C=O) groups excluding carboxylic acids is 2. The monoisotopic (exact) mass is 393 g/mol. The Labute approximate surface area is 159 Å². The fraction of sp³-hybridized carbons (Fsp3) is 0.176. The molecule has 0 saturated heterocycles. The lowest BCUT2D eigenvalue weighted by molar-refractivity contribution is -0.384. The molecule has 2 aromatic carbocycles. The number of nitrogens with two attached hydrogens (primary N) is 1. The molecule has 0 saturated carbocycles. The van der Waals surface area contributed by atoms with Gasteiger partial charge in [0.25, 0.3) is 11.6 Å². The number of hydrogen-bond donors (Lipinski definition) is 2. The van der Waals surface area contributed by atoms with Crippen molar-refractivity contribution in [1.82, 2.24) is 0 Å². The molecule has 0 spiro atoms. The number of nitrogens with zero attached hydrogens (tertiary/aromatic N) is 1. The van der Waals surface area contributed by atoms with Crippen molar-refractivity contribution in [1.29, 1.82) is 0 Å². The predicted octanol–water partition coefficient (Wildman–Crippen LogP) is 2.94. The van der Waals surface area contributed by atoms with E-state index in [0.717, 1.165) is 0 Å². The molecule has 3 N–H and O–H groups in total. The molecule has 2 rings (SSSR count). The SMILES string of the molecule is COc1cc(N)c(Cl)cc1C(=O)OCC(=O)Nc1cc([N+](=O)[O-])ccc1C. The van der Waals surface area contributed by atoms with Crippen LogP contribution in [-0.2, 0) is 9.53 Å². The molecule has 0 aliphatic rings. The van der Waals surface area contributed by atoms with Gasteiger partial charge in [-0.2, -0.15) is 0 Å². The Morgan fingerprint density at radius 3 is 2.63 bits per heavy atom. The second kappa shape index (κ2) is 8.37. The maximum atomic E-state index is 12.2. The van der Waals surface area contributed by atoms with Gasteiger partial charge in [0.1, 0.15) is 11.3 Å². The molecule has 2 aromatic rings. The third-order valence-corrected chi connectivity index (χ3v) is 3.91. The van der Waals surface area contributed by atoms with Crippen LogP contribution in [0.1, 0.15) is 15.9 Å². The van der Waals surface area contributed by atoms with Gasteiger partial charge in [-0.3, -0.25) is 14.9 Å². The van der Waals surface area contributed by atoms with Crippen LogP contribution in [0.5, 0.6) is 5.75 Å². The number of non-ortho nitro benzene ring substituents is 1. The lowest BCUT2D eigenvalue weighted by atomic mass is 10.2. The largest absolute Gasteiger partial charge is 0.496 e. The van der Waals surface area contributed by atoms with Gasteiger partial charge in [0.15, 0.2) is 6.61 Å². The zero-order valence-corrected chi connectivity index (χ0v) is 15.2. The van der Waals surface area contributed by atoms with Crippen LogP contribution in [0.15, 0.2) is 30.3 Å². The first-order chi connectivity index (χ1) is 12.7. The van der Waals surface area contributed by atoms with E-state index in [0.29, 0.717) is 5.56 Å². The first kappa shape index (κ1) is 20.0. The number of anilines is 2. The van der Waals surface area contributed by atoms with Crippen molar-refractivity contribution in [3.8, 4) is 5.75 Å². The molecule has 1 amide bonds. The van der Waals surface area contributed by atoms with E-state index in [-0.39, 0.29) is 33.4 Å².